The van der Waals surface area contributed by atoms with E-state index in [1.54, 1.807) is 7.11 Å². The third kappa shape index (κ3) is 3.30. The molecule has 1 fully saturated rings. The van der Waals surface area contributed by atoms with Crippen molar-refractivity contribution in [2.45, 2.75) is 19.5 Å². The summed E-state index contributed by atoms with van der Waals surface area (Å²) in [5.41, 5.74) is 7.48. The maximum atomic E-state index is 6.12. The second-order valence-electron chi connectivity index (χ2n) is 6.11. The maximum Gasteiger partial charge on any atom is 0.183 e. The first-order valence-electron chi connectivity index (χ1n) is 7.85. The van der Waals surface area contributed by atoms with Crippen molar-refractivity contribution in [3.63, 3.8) is 0 Å². The predicted molar refractivity (Wildman–Crippen MR) is 90.2 cm³/mol. The van der Waals surface area contributed by atoms with E-state index in [4.69, 9.17) is 10.5 Å². The minimum absolute atomic E-state index is 0.504. The zero-order chi connectivity index (χ0) is 16.4. The number of piperazine rings is 1. The number of aromatic nitrogens is 3. The fourth-order valence-corrected chi connectivity index (χ4v) is 3.01. The molecule has 23 heavy (non-hydrogen) atoms. The molecule has 7 heteroatoms. The fourth-order valence-electron chi connectivity index (χ4n) is 3.01. The number of nitrogen functional groups attached to an aromatic ring is 1. The Labute approximate surface area is 136 Å². The van der Waals surface area contributed by atoms with Crippen LogP contribution in [0.2, 0.25) is 0 Å². The van der Waals surface area contributed by atoms with E-state index < -0.39 is 0 Å². The lowest BCUT2D eigenvalue weighted by Gasteiger charge is -2.37. The van der Waals surface area contributed by atoms with Crippen LogP contribution in [0.5, 0.6) is 5.75 Å². The minimum Gasteiger partial charge on any atom is -0.495 e. The topological polar surface area (TPSA) is 83.3 Å². The number of para-hydroxylation sites is 1. The number of aromatic amines is 1. The van der Waals surface area contributed by atoms with Gasteiger partial charge in [0, 0.05) is 31.2 Å². The van der Waals surface area contributed by atoms with E-state index in [1.165, 1.54) is 0 Å². The molecule has 0 aliphatic carbocycles. The van der Waals surface area contributed by atoms with Crippen molar-refractivity contribution in [1.82, 2.24) is 25.0 Å². The van der Waals surface area contributed by atoms with Crippen LogP contribution < -0.4 is 10.5 Å². The Bertz CT molecular complexity index is 670. The first-order valence-corrected chi connectivity index (χ1v) is 7.85. The van der Waals surface area contributed by atoms with Crippen LogP contribution in [-0.2, 0) is 6.54 Å². The monoisotopic (exact) mass is 316 g/mol. The number of anilines is 1. The molecule has 1 aliphatic rings. The molecule has 3 N–H and O–H groups in total. The standard InChI is InChI=1S/C16H24N6O/c1-11-9-21(2)7-8-22(11)10-14-18-16(20-19-14)12-5-4-6-13(23-3)15(12)17/h4-6,11H,7-10,17H2,1-3H3,(H,18,19,20). The Balaban J connectivity index is 1.76. The van der Waals surface area contributed by atoms with Gasteiger partial charge >= 0.3 is 0 Å². The highest BCUT2D eigenvalue weighted by Crippen LogP contribution is 2.31. The average Bonchev–Trinajstić information content (AvgIpc) is 2.99. The van der Waals surface area contributed by atoms with E-state index in [1.807, 2.05) is 18.2 Å². The number of hydrogen-bond acceptors (Lipinski definition) is 6. The number of hydrogen-bond donors (Lipinski definition) is 2. The zero-order valence-corrected chi connectivity index (χ0v) is 13.9. The molecule has 1 saturated heterocycles. The maximum absolute atomic E-state index is 6.12. The van der Waals surface area contributed by atoms with Crippen molar-refractivity contribution in [1.29, 1.82) is 0 Å². The van der Waals surface area contributed by atoms with Crippen molar-refractivity contribution >= 4 is 5.69 Å². The Morgan fingerprint density at radius 3 is 2.96 bits per heavy atom. The van der Waals surface area contributed by atoms with Crippen molar-refractivity contribution in [3.8, 4) is 17.1 Å². The lowest BCUT2D eigenvalue weighted by atomic mass is 10.1. The smallest absolute Gasteiger partial charge is 0.183 e. The van der Waals surface area contributed by atoms with Crippen LogP contribution in [0, 0.1) is 0 Å². The molecule has 0 spiro atoms. The molecule has 1 aromatic carbocycles. The number of nitrogens with zero attached hydrogens (tertiary/aromatic N) is 4. The summed E-state index contributed by atoms with van der Waals surface area (Å²) >= 11 is 0. The molecule has 0 amide bonds. The van der Waals surface area contributed by atoms with Crippen molar-refractivity contribution in [2.75, 3.05) is 39.5 Å². The van der Waals surface area contributed by atoms with Gasteiger partial charge in [-0.1, -0.05) is 6.07 Å². The lowest BCUT2D eigenvalue weighted by Crippen LogP contribution is -2.49. The number of H-pyrrole nitrogens is 1. The number of likely N-dealkylation sites (N-methyl/N-ethyl adjacent to an activating group) is 1. The molecule has 1 unspecified atom stereocenters. The minimum atomic E-state index is 0.504. The average molecular weight is 316 g/mol. The molecular formula is C16H24N6O. The summed E-state index contributed by atoms with van der Waals surface area (Å²) in [6.07, 6.45) is 0. The Hall–Kier alpha value is -2.12. The number of nitrogens with two attached hydrogens (primary N) is 1. The van der Waals surface area contributed by atoms with Crippen LogP contribution in [0.1, 0.15) is 12.7 Å². The molecule has 7 nitrogen and oxygen atoms in total. The molecule has 3 rings (SSSR count). The van der Waals surface area contributed by atoms with Crippen molar-refractivity contribution in [3.05, 3.63) is 24.0 Å². The van der Waals surface area contributed by atoms with Crippen LogP contribution >= 0.6 is 0 Å². The molecule has 2 heterocycles. The third-order valence-electron chi connectivity index (χ3n) is 4.38. The third-order valence-corrected chi connectivity index (χ3v) is 4.38. The van der Waals surface area contributed by atoms with E-state index in [0.717, 1.165) is 37.6 Å². The zero-order valence-electron chi connectivity index (χ0n) is 13.9. The summed E-state index contributed by atoms with van der Waals surface area (Å²) in [7, 11) is 3.76. The number of benzene rings is 1. The SMILES string of the molecule is COc1cccc(-c2n[nH]c(CN3CCN(C)CC3C)n2)c1N. The fraction of sp³-hybridized carbons (Fsp3) is 0.500. The first kappa shape index (κ1) is 15.8. The second-order valence-corrected chi connectivity index (χ2v) is 6.11. The summed E-state index contributed by atoms with van der Waals surface area (Å²) in [6.45, 7) is 6.20. The summed E-state index contributed by atoms with van der Waals surface area (Å²) in [6, 6.07) is 6.13. The highest BCUT2D eigenvalue weighted by Gasteiger charge is 2.22. The molecule has 1 atom stereocenters. The van der Waals surface area contributed by atoms with Gasteiger partial charge in [-0.05, 0) is 26.1 Å². The van der Waals surface area contributed by atoms with Gasteiger partial charge in [0.15, 0.2) is 5.82 Å². The molecule has 0 bridgehead atoms. The highest BCUT2D eigenvalue weighted by atomic mass is 16.5. The second kappa shape index (κ2) is 6.55. The molecule has 0 radical (unpaired) electrons. The van der Waals surface area contributed by atoms with Gasteiger partial charge < -0.3 is 15.4 Å². The van der Waals surface area contributed by atoms with Gasteiger partial charge in [0.2, 0.25) is 0 Å². The molecule has 1 aliphatic heterocycles. The number of rotatable bonds is 4. The largest absolute Gasteiger partial charge is 0.495 e. The number of methoxy groups -OCH3 is 1. The molecule has 2 aromatic rings. The molecule has 1 aromatic heterocycles. The Morgan fingerprint density at radius 1 is 1.39 bits per heavy atom. The van der Waals surface area contributed by atoms with Gasteiger partial charge in [0.25, 0.3) is 0 Å². The molecular weight excluding hydrogens is 292 g/mol. The Morgan fingerprint density at radius 2 is 2.22 bits per heavy atom. The van der Waals surface area contributed by atoms with Gasteiger partial charge in [0.05, 0.1) is 19.3 Å². The quantitative estimate of drug-likeness (QED) is 0.825. The van der Waals surface area contributed by atoms with Crippen molar-refractivity contribution < 1.29 is 4.74 Å². The van der Waals surface area contributed by atoms with Gasteiger partial charge in [0.1, 0.15) is 11.6 Å². The molecule has 0 saturated carbocycles. The van der Waals surface area contributed by atoms with Gasteiger partial charge in [-0.2, -0.15) is 5.10 Å². The highest BCUT2D eigenvalue weighted by molar-refractivity contribution is 5.76. The van der Waals surface area contributed by atoms with Crippen LogP contribution in [0.15, 0.2) is 18.2 Å². The number of ether oxygens (including phenoxy) is 1. The summed E-state index contributed by atoms with van der Waals surface area (Å²) < 4.78 is 5.26. The summed E-state index contributed by atoms with van der Waals surface area (Å²) in [5.74, 6) is 2.11. The van der Waals surface area contributed by atoms with Crippen molar-refractivity contribution in [2.24, 2.45) is 0 Å². The van der Waals surface area contributed by atoms with E-state index in [0.29, 0.717) is 23.3 Å². The van der Waals surface area contributed by atoms with E-state index in [2.05, 4.69) is 39.0 Å². The van der Waals surface area contributed by atoms with Crippen LogP contribution in [0.25, 0.3) is 11.4 Å². The van der Waals surface area contributed by atoms with Gasteiger partial charge in [-0.25, -0.2) is 4.98 Å². The van der Waals surface area contributed by atoms with E-state index in [-0.39, 0.29) is 0 Å². The first-order chi connectivity index (χ1) is 11.1. The van der Waals surface area contributed by atoms with E-state index in [9.17, 15) is 0 Å². The summed E-state index contributed by atoms with van der Waals surface area (Å²) in [4.78, 5) is 9.37. The van der Waals surface area contributed by atoms with Crippen LogP contribution in [0.3, 0.4) is 0 Å². The normalized spacial score (nSPS) is 19.9. The van der Waals surface area contributed by atoms with Crippen LogP contribution in [0.4, 0.5) is 5.69 Å². The predicted octanol–water partition coefficient (Wildman–Crippen LogP) is 1.20. The van der Waals surface area contributed by atoms with Crippen LogP contribution in [-0.4, -0.2) is 64.8 Å². The molecule has 124 valence electrons. The lowest BCUT2D eigenvalue weighted by molar-refractivity contribution is 0.0916. The Kier molecular flexibility index (Phi) is 4.49. The summed E-state index contributed by atoms with van der Waals surface area (Å²) in [5, 5.41) is 7.35. The van der Waals surface area contributed by atoms with Gasteiger partial charge in [-0.3, -0.25) is 10.00 Å². The number of nitrogens with one attached hydrogen (secondary N) is 1. The van der Waals surface area contributed by atoms with Gasteiger partial charge in [-0.15, -0.1) is 0 Å². The van der Waals surface area contributed by atoms with E-state index >= 15 is 0 Å².